The Morgan fingerprint density at radius 2 is 1.94 bits per heavy atom. The van der Waals surface area contributed by atoms with E-state index in [4.69, 9.17) is 4.98 Å². The highest BCUT2D eigenvalue weighted by Gasteiger charge is 2.35. The molecule has 0 aliphatic carbocycles. The molecule has 0 spiro atoms. The van der Waals surface area contributed by atoms with Crippen LogP contribution < -0.4 is 0 Å². The third-order valence-electron chi connectivity index (χ3n) is 4.25. The lowest BCUT2D eigenvalue weighted by atomic mass is 9.77. The minimum Gasteiger partial charge on any atom is -0.303 e. The maximum absolute atomic E-state index is 4.73. The van der Waals surface area contributed by atoms with Crippen LogP contribution in [0.4, 0.5) is 0 Å². The SMILES string of the molecule is Cc1ncc([C@H]2CN3CCC2CC3)nc1C. The molecule has 3 nitrogen and oxygen atoms in total. The molecule has 0 amide bonds. The Hall–Kier alpha value is -0.960. The van der Waals surface area contributed by atoms with Crippen molar-refractivity contribution in [2.75, 3.05) is 19.6 Å². The fraction of sp³-hybridized carbons (Fsp3) is 0.692. The lowest BCUT2D eigenvalue weighted by Crippen LogP contribution is -2.46. The molecular formula is C13H19N3. The Kier molecular flexibility index (Phi) is 2.43. The van der Waals surface area contributed by atoms with Gasteiger partial charge in [-0.05, 0) is 45.7 Å². The topological polar surface area (TPSA) is 29.0 Å². The number of aromatic nitrogens is 2. The monoisotopic (exact) mass is 217 g/mol. The summed E-state index contributed by atoms with van der Waals surface area (Å²) in [5, 5.41) is 0. The summed E-state index contributed by atoms with van der Waals surface area (Å²) in [4.78, 5) is 11.8. The average Bonchev–Trinajstić information content (AvgIpc) is 2.34. The van der Waals surface area contributed by atoms with Crippen molar-refractivity contribution < 1.29 is 0 Å². The van der Waals surface area contributed by atoms with E-state index in [1.807, 2.05) is 13.1 Å². The molecule has 86 valence electrons. The van der Waals surface area contributed by atoms with E-state index in [-0.39, 0.29) is 0 Å². The van der Waals surface area contributed by atoms with Gasteiger partial charge in [0.1, 0.15) is 0 Å². The van der Waals surface area contributed by atoms with Gasteiger partial charge in [-0.1, -0.05) is 0 Å². The average molecular weight is 217 g/mol. The maximum atomic E-state index is 4.73. The molecule has 0 N–H and O–H groups in total. The van der Waals surface area contributed by atoms with Crippen LogP contribution >= 0.6 is 0 Å². The maximum Gasteiger partial charge on any atom is 0.0636 e. The predicted octanol–water partition coefficient (Wildman–Crippen LogP) is 1.90. The number of nitrogens with zero attached hydrogens (tertiary/aromatic N) is 3. The van der Waals surface area contributed by atoms with Crippen LogP contribution in [0.15, 0.2) is 6.20 Å². The summed E-state index contributed by atoms with van der Waals surface area (Å²) < 4.78 is 0. The van der Waals surface area contributed by atoms with Gasteiger partial charge in [-0.2, -0.15) is 0 Å². The first-order valence-electron chi connectivity index (χ1n) is 6.26. The van der Waals surface area contributed by atoms with Gasteiger partial charge in [0.05, 0.1) is 17.1 Å². The fourth-order valence-corrected chi connectivity index (χ4v) is 3.04. The number of hydrogen-bond acceptors (Lipinski definition) is 3. The molecule has 3 saturated heterocycles. The first kappa shape index (κ1) is 10.2. The van der Waals surface area contributed by atoms with Crippen LogP contribution in [0, 0.1) is 19.8 Å². The normalized spacial score (nSPS) is 33.0. The Labute approximate surface area is 96.9 Å². The summed E-state index contributed by atoms with van der Waals surface area (Å²) in [7, 11) is 0. The number of aryl methyl sites for hydroxylation is 2. The van der Waals surface area contributed by atoms with Crippen molar-refractivity contribution in [2.45, 2.75) is 32.6 Å². The molecular weight excluding hydrogens is 198 g/mol. The van der Waals surface area contributed by atoms with Gasteiger partial charge in [0.25, 0.3) is 0 Å². The molecule has 1 atom stereocenters. The van der Waals surface area contributed by atoms with Crippen molar-refractivity contribution in [3.05, 3.63) is 23.3 Å². The summed E-state index contributed by atoms with van der Waals surface area (Å²) in [6.07, 6.45) is 4.69. The first-order valence-corrected chi connectivity index (χ1v) is 6.26. The van der Waals surface area contributed by atoms with E-state index in [9.17, 15) is 0 Å². The van der Waals surface area contributed by atoms with Gasteiger partial charge in [0.2, 0.25) is 0 Å². The second-order valence-corrected chi connectivity index (χ2v) is 5.21. The largest absolute Gasteiger partial charge is 0.303 e. The fourth-order valence-electron chi connectivity index (χ4n) is 3.04. The van der Waals surface area contributed by atoms with Crippen LogP contribution in [0.25, 0.3) is 0 Å². The Morgan fingerprint density at radius 1 is 1.19 bits per heavy atom. The second kappa shape index (κ2) is 3.81. The Morgan fingerprint density at radius 3 is 2.50 bits per heavy atom. The van der Waals surface area contributed by atoms with Crippen molar-refractivity contribution >= 4 is 0 Å². The Bertz CT molecular complexity index is 394. The van der Waals surface area contributed by atoms with Gasteiger partial charge < -0.3 is 4.90 Å². The van der Waals surface area contributed by atoms with Gasteiger partial charge >= 0.3 is 0 Å². The standard InChI is InChI=1S/C13H19N3/c1-9-10(2)15-13(7-14-9)12-8-16-5-3-11(12)4-6-16/h7,11-12H,3-6,8H2,1-2H3/t12-/m0/s1. The number of hydrogen-bond donors (Lipinski definition) is 0. The highest BCUT2D eigenvalue weighted by Crippen LogP contribution is 2.37. The molecule has 0 aromatic carbocycles. The summed E-state index contributed by atoms with van der Waals surface area (Å²) in [5.41, 5.74) is 3.37. The predicted molar refractivity (Wildman–Crippen MR) is 63.4 cm³/mol. The molecule has 4 rings (SSSR count). The highest BCUT2D eigenvalue weighted by atomic mass is 15.1. The van der Waals surface area contributed by atoms with Crippen molar-refractivity contribution in [2.24, 2.45) is 5.92 Å². The highest BCUT2D eigenvalue weighted by molar-refractivity contribution is 5.16. The lowest BCUT2D eigenvalue weighted by Gasteiger charge is -2.44. The third-order valence-corrected chi connectivity index (χ3v) is 4.25. The molecule has 4 heterocycles. The molecule has 3 aliphatic rings. The van der Waals surface area contributed by atoms with Gasteiger partial charge in [0, 0.05) is 18.7 Å². The quantitative estimate of drug-likeness (QED) is 0.719. The summed E-state index contributed by atoms with van der Waals surface area (Å²) in [6.45, 7) is 7.87. The number of piperidine rings is 3. The van der Waals surface area contributed by atoms with Crippen LogP contribution in [-0.4, -0.2) is 34.5 Å². The van der Waals surface area contributed by atoms with Crippen LogP contribution in [0.5, 0.6) is 0 Å². The van der Waals surface area contributed by atoms with E-state index in [1.165, 1.54) is 38.2 Å². The van der Waals surface area contributed by atoms with Gasteiger partial charge in [-0.3, -0.25) is 9.97 Å². The van der Waals surface area contributed by atoms with Gasteiger partial charge in [0.15, 0.2) is 0 Å². The Balaban J connectivity index is 1.89. The molecule has 0 saturated carbocycles. The summed E-state index contributed by atoms with van der Waals surface area (Å²) in [5.74, 6) is 1.48. The van der Waals surface area contributed by atoms with E-state index in [1.54, 1.807) is 0 Å². The van der Waals surface area contributed by atoms with Crippen molar-refractivity contribution in [1.29, 1.82) is 0 Å². The van der Waals surface area contributed by atoms with E-state index in [2.05, 4.69) is 16.8 Å². The molecule has 1 aromatic heterocycles. The van der Waals surface area contributed by atoms with E-state index in [0.29, 0.717) is 5.92 Å². The van der Waals surface area contributed by atoms with Crippen LogP contribution in [0.2, 0.25) is 0 Å². The smallest absolute Gasteiger partial charge is 0.0636 e. The third kappa shape index (κ3) is 1.63. The number of rotatable bonds is 1. The van der Waals surface area contributed by atoms with Crippen LogP contribution in [0.1, 0.15) is 35.8 Å². The van der Waals surface area contributed by atoms with Crippen molar-refractivity contribution in [1.82, 2.24) is 14.9 Å². The van der Waals surface area contributed by atoms with Gasteiger partial charge in [-0.25, -0.2) is 0 Å². The first-order chi connectivity index (χ1) is 7.74. The summed E-state index contributed by atoms with van der Waals surface area (Å²) in [6, 6.07) is 0. The molecule has 0 unspecified atom stereocenters. The van der Waals surface area contributed by atoms with E-state index in [0.717, 1.165) is 17.3 Å². The molecule has 3 heteroatoms. The second-order valence-electron chi connectivity index (χ2n) is 5.21. The molecule has 3 fully saturated rings. The van der Waals surface area contributed by atoms with E-state index >= 15 is 0 Å². The summed E-state index contributed by atoms with van der Waals surface area (Å²) >= 11 is 0. The van der Waals surface area contributed by atoms with Gasteiger partial charge in [-0.15, -0.1) is 0 Å². The zero-order chi connectivity index (χ0) is 11.1. The molecule has 3 aliphatic heterocycles. The van der Waals surface area contributed by atoms with Crippen LogP contribution in [-0.2, 0) is 0 Å². The molecule has 2 bridgehead atoms. The zero-order valence-electron chi connectivity index (χ0n) is 10.1. The molecule has 1 aromatic rings. The van der Waals surface area contributed by atoms with Crippen LogP contribution in [0.3, 0.4) is 0 Å². The van der Waals surface area contributed by atoms with Crippen molar-refractivity contribution in [3.63, 3.8) is 0 Å². The molecule has 16 heavy (non-hydrogen) atoms. The minimum atomic E-state index is 0.634. The zero-order valence-corrected chi connectivity index (χ0v) is 10.1. The lowest BCUT2D eigenvalue weighted by molar-refractivity contribution is 0.0852. The molecule has 0 radical (unpaired) electrons. The van der Waals surface area contributed by atoms with E-state index < -0.39 is 0 Å². The number of fused-ring (bicyclic) bond motifs is 3. The minimum absolute atomic E-state index is 0.634. The van der Waals surface area contributed by atoms with Crippen molar-refractivity contribution in [3.8, 4) is 0 Å².